The average Bonchev–Trinajstić information content (AvgIpc) is 3.08. The van der Waals surface area contributed by atoms with Crippen LogP contribution < -0.4 is 0 Å². The Morgan fingerprint density at radius 2 is 0.630 bits per heavy atom. The highest BCUT2D eigenvalue weighted by Gasteiger charge is 2.18. The van der Waals surface area contributed by atoms with Gasteiger partial charge >= 0.3 is 0 Å². The third kappa shape index (κ3) is 41.8. The monoisotopic (exact) mass is 659 g/mol. The molecule has 0 aromatic heterocycles. The van der Waals surface area contributed by atoms with Crippen molar-refractivity contribution in [2.75, 3.05) is 26.4 Å². The van der Waals surface area contributed by atoms with E-state index < -0.39 is 6.10 Å². The van der Waals surface area contributed by atoms with E-state index >= 15 is 0 Å². The van der Waals surface area contributed by atoms with Crippen molar-refractivity contribution in [1.29, 1.82) is 0 Å². The van der Waals surface area contributed by atoms with Gasteiger partial charge in [0.15, 0.2) is 0 Å². The molecule has 0 saturated heterocycles. The molecule has 0 amide bonds. The number of unbranched alkanes of at least 4 members (excludes halogenated alkanes) is 30. The predicted octanol–water partition coefficient (Wildman–Crippen LogP) is 11.6. The second kappa shape index (κ2) is 44.8. The minimum atomic E-state index is -0.734. The first-order chi connectivity index (χ1) is 22.7. The molecule has 0 aliphatic heterocycles. The molecule has 0 aromatic carbocycles. The van der Waals surface area contributed by atoms with Gasteiger partial charge in [0, 0.05) is 6.61 Å². The molecular weight excluding hydrogens is 572 g/mol. The van der Waals surface area contributed by atoms with E-state index in [1.165, 1.54) is 193 Å². The molecule has 2 unspecified atom stereocenters. The van der Waals surface area contributed by atoms with Crippen molar-refractivity contribution in [2.45, 2.75) is 238 Å². The molecule has 0 radical (unpaired) electrons. The predicted molar refractivity (Wildman–Crippen MR) is 201 cm³/mol. The molecule has 5 heteroatoms. The molecule has 0 heterocycles. The lowest BCUT2D eigenvalue weighted by atomic mass is 10.0. The number of hydrogen-bond acceptors (Lipinski definition) is 5. The van der Waals surface area contributed by atoms with Crippen molar-refractivity contribution < 1.29 is 25.2 Å². The SMILES string of the molecule is CCCCCCCCCCCCCCCCCCOC(CCCCCCCCCCCCCCCCCC)C(O)CO.OCCO. The minimum Gasteiger partial charge on any atom is -0.394 e. The van der Waals surface area contributed by atoms with Crippen LogP contribution in [0.5, 0.6) is 0 Å². The molecular formula is C41H86O5. The highest BCUT2D eigenvalue weighted by molar-refractivity contribution is 4.68. The summed E-state index contributed by atoms with van der Waals surface area (Å²) in [6, 6.07) is 0. The standard InChI is InChI=1S/C39H80O3.C2H6O2/c1-3-5-7-9-11-13-15-17-19-21-23-25-27-29-31-33-35-39(38(41)37-40)42-36-34-32-30-28-26-24-22-20-18-16-14-12-10-8-6-4-2;3-1-2-4/h38-41H,3-37H2,1-2H3;3-4H,1-2H2. The molecule has 0 aromatic rings. The average molecular weight is 659 g/mol. The van der Waals surface area contributed by atoms with E-state index in [0.717, 1.165) is 25.9 Å². The topological polar surface area (TPSA) is 90.2 Å². The maximum Gasteiger partial charge on any atom is 0.103 e. The Morgan fingerprint density at radius 3 is 0.891 bits per heavy atom. The Morgan fingerprint density at radius 1 is 0.370 bits per heavy atom. The number of ether oxygens (including phenoxy) is 1. The van der Waals surface area contributed by atoms with E-state index in [4.69, 9.17) is 14.9 Å². The van der Waals surface area contributed by atoms with Gasteiger partial charge in [0.1, 0.15) is 6.10 Å². The summed E-state index contributed by atoms with van der Waals surface area (Å²) in [5, 5.41) is 34.9. The zero-order valence-electron chi connectivity index (χ0n) is 31.5. The van der Waals surface area contributed by atoms with Crippen molar-refractivity contribution >= 4 is 0 Å². The lowest BCUT2D eigenvalue weighted by molar-refractivity contribution is -0.0629. The van der Waals surface area contributed by atoms with Crippen molar-refractivity contribution in [3.63, 3.8) is 0 Å². The highest BCUT2D eigenvalue weighted by Crippen LogP contribution is 2.17. The number of aliphatic hydroxyl groups excluding tert-OH is 4. The van der Waals surface area contributed by atoms with E-state index in [-0.39, 0.29) is 25.9 Å². The van der Waals surface area contributed by atoms with Gasteiger partial charge in [-0.05, 0) is 12.8 Å². The molecule has 46 heavy (non-hydrogen) atoms. The number of aliphatic hydroxyl groups is 4. The van der Waals surface area contributed by atoms with Gasteiger partial charge in [0.05, 0.1) is 25.9 Å². The van der Waals surface area contributed by atoms with E-state index in [1.807, 2.05) is 0 Å². The van der Waals surface area contributed by atoms with E-state index in [2.05, 4.69) is 13.8 Å². The molecule has 0 saturated carbocycles. The van der Waals surface area contributed by atoms with Crippen LogP contribution in [0, 0.1) is 0 Å². The molecule has 280 valence electrons. The first-order valence-electron chi connectivity index (χ1n) is 20.8. The summed E-state index contributed by atoms with van der Waals surface area (Å²) in [5.41, 5.74) is 0. The van der Waals surface area contributed by atoms with Gasteiger partial charge in [0.2, 0.25) is 0 Å². The summed E-state index contributed by atoms with van der Waals surface area (Å²) in [6.07, 6.45) is 43.9. The molecule has 0 fully saturated rings. The van der Waals surface area contributed by atoms with Gasteiger partial charge in [-0.3, -0.25) is 0 Å². The Hall–Kier alpha value is -0.200. The molecule has 4 N–H and O–H groups in total. The van der Waals surface area contributed by atoms with Gasteiger partial charge in [-0.15, -0.1) is 0 Å². The summed E-state index contributed by atoms with van der Waals surface area (Å²) in [7, 11) is 0. The second-order valence-electron chi connectivity index (χ2n) is 14.0. The van der Waals surface area contributed by atoms with Gasteiger partial charge in [-0.1, -0.05) is 213 Å². The molecule has 0 bridgehead atoms. The lowest BCUT2D eigenvalue weighted by Crippen LogP contribution is -2.32. The first kappa shape index (κ1) is 47.9. The summed E-state index contributed by atoms with van der Waals surface area (Å²) in [6.45, 7) is 4.86. The van der Waals surface area contributed by atoms with Crippen LogP contribution in [0.25, 0.3) is 0 Å². The Bertz CT molecular complexity index is 501. The van der Waals surface area contributed by atoms with Gasteiger partial charge in [-0.2, -0.15) is 0 Å². The Kier molecular flexibility index (Phi) is 46.7. The zero-order chi connectivity index (χ0) is 34.0. The highest BCUT2D eigenvalue weighted by atomic mass is 16.5. The van der Waals surface area contributed by atoms with Crippen molar-refractivity contribution in [1.82, 2.24) is 0 Å². The lowest BCUT2D eigenvalue weighted by Gasteiger charge is -2.22. The fourth-order valence-electron chi connectivity index (χ4n) is 6.28. The Labute approximate surface area is 289 Å². The number of rotatable bonds is 38. The third-order valence-electron chi connectivity index (χ3n) is 9.39. The van der Waals surface area contributed by atoms with E-state index in [1.54, 1.807) is 0 Å². The van der Waals surface area contributed by atoms with Crippen LogP contribution in [0.3, 0.4) is 0 Å². The largest absolute Gasteiger partial charge is 0.394 e. The fourth-order valence-corrected chi connectivity index (χ4v) is 6.28. The van der Waals surface area contributed by atoms with Crippen LogP contribution in [0.4, 0.5) is 0 Å². The quantitative estimate of drug-likeness (QED) is 0.0496. The van der Waals surface area contributed by atoms with Crippen molar-refractivity contribution in [3.8, 4) is 0 Å². The summed E-state index contributed by atoms with van der Waals surface area (Å²) in [5.74, 6) is 0. The third-order valence-corrected chi connectivity index (χ3v) is 9.39. The van der Waals surface area contributed by atoms with Crippen LogP contribution >= 0.6 is 0 Å². The van der Waals surface area contributed by atoms with Crippen LogP contribution in [0.15, 0.2) is 0 Å². The summed E-state index contributed by atoms with van der Waals surface area (Å²) in [4.78, 5) is 0. The molecule has 2 atom stereocenters. The van der Waals surface area contributed by atoms with Crippen LogP contribution in [-0.2, 0) is 4.74 Å². The van der Waals surface area contributed by atoms with Gasteiger partial charge in [0.25, 0.3) is 0 Å². The smallest absolute Gasteiger partial charge is 0.103 e. The van der Waals surface area contributed by atoms with Gasteiger partial charge < -0.3 is 25.2 Å². The fraction of sp³-hybridized carbons (Fsp3) is 1.00. The number of hydrogen-bond donors (Lipinski definition) is 4. The van der Waals surface area contributed by atoms with E-state index in [9.17, 15) is 10.2 Å². The van der Waals surface area contributed by atoms with Crippen molar-refractivity contribution in [2.24, 2.45) is 0 Å². The summed E-state index contributed by atoms with van der Waals surface area (Å²) >= 11 is 0. The summed E-state index contributed by atoms with van der Waals surface area (Å²) < 4.78 is 6.03. The maximum atomic E-state index is 10.2. The molecule has 0 aliphatic rings. The molecule has 5 nitrogen and oxygen atoms in total. The van der Waals surface area contributed by atoms with Gasteiger partial charge in [-0.25, -0.2) is 0 Å². The Balaban J connectivity index is 0. The molecule has 0 aliphatic carbocycles. The zero-order valence-corrected chi connectivity index (χ0v) is 31.5. The van der Waals surface area contributed by atoms with Crippen LogP contribution in [0.1, 0.15) is 226 Å². The van der Waals surface area contributed by atoms with Crippen molar-refractivity contribution in [3.05, 3.63) is 0 Å². The minimum absolute atomic E-state index is 0.125. The first-order valence-corrected chi connectivity index (χ1v) is 20.8. The normalized spacial score (nSPS) is 12.7. The van der Waals surface area contributed by atoms with Crippen LogP contribution in [0.2, 0.25) is 0 Å². The molecule has 0 spiro atoms. The van der Waals surface area contributed by atoms with E-state index in [0.29, 0.717) is 0 Å². The second-order valence-corrected chi connectivity index (χ2v) is 14.0. The maximum absolute atomic E-state index is 10.2. The molecule has 0 rings (SSSR count). The van der Waals surface area contributed by atoms with Crippen LogP contribution in [-0.4, -0.2) is 59.1 Å².